The Bertz CT molecular complexity index is 677. The Kier molecular flexibility index (Phi) is 4.70. The highest BCUT2D eigenvalue weighted by atomic mass is 16.5. The van der Waals surface area contributed by atoms with Crippen LogP contribution in [0.4, 0.5) is 0 Å². The minimum Gasteiger partial charge on any atom is -0.465 e. The van der Waals surface area contributed by atoms with Crippen LogP contribution < -0.4 is 0 Å². The first-order valence-corrected chi connectivity index (χ1v) is 6.97. The molecule has 1 aliphatic heterocycles. The van der Waals surface area contributed by atoms with Crippen LogP contribution in [0.2, 0.25) is 0 Å². The fraction of sp³-hybridized carbons (Fsp3) is 0.375. The molecule has 22 heavy (non-hydrogen) atoms. The molecule has 0 saturated carbocycles. The van der Waals surface area contributed by atoms with Gasteiger partial charge in [-0.05, 0) is 38.5 Å². The van der Waals surface area contributed by atoms with E-state index in [9.17, 15) is 9.59 Å². The van der Waals surface area contributed by atoms with Crippen molar-refractivity contribution in [3.63, 3.8) is 0 Å². The Morgan fingerprint density at radius 3 is 2.59 bits per heavy atom. The Morgan fingerprint density at radius 2 is 1.95 bits per heavy atom. The third-order valence-electron chi connectivity index (χ3n) is 3.47. The molecule has 116 valence electrons. The summed E-state index contributed by atoms with van der Waals surface area (Å²) >= 11 is 0. The quantitative estimate of drug-likeness (QED) is 0.803. The van der Waals surface area contributed by atoms with Gasteiger partial charge in [-0.1, -0.05) is 6.07 Å². The van der Waals surface area contributed by atoms with E-state index in [2.05, 4.69) is 10.2 Å². The summed E-state index contributed by atoms with van der Waals surface area (Å²) in [6.45, 7) is 5.54. The van der Waals surface area contributed by atoms with Crippen molar-refractivity contribution in [2.45, 2.75) is 26.7 Å². The van der Waals surface area contributed by atoms with Gasteiger partial charge < -0.3 is 9.47 Å². The molecule has 0 saturated heterocycles. The van der Waals surface area contributed by atoms with E-state index in [1.807, 2.05) is 0 Å². The molecule has 6 nitrogen and oxygen atoms in total. The van der Waals surface area contributed by atoms with Crippen molar-refractivity contribution in [1.29, 1.82) is 0 Å². The van der Waals surface area contributed by atoms with Crippen LogP contribution in [-0.4, -0.2) is 37.1 Å². The smallest absolute Gasteiger partial charge is 0.337 e. The van der Waals surface area contributed by atoms with Crippen molar-refractivity contribution in [3.05, 3.63) is 34.9 Å². The van der Waals surface area contributed by atoms with E-state index < -0.39 is 17.9 Å². The van der Waals surface area contributed by atoms with Gasteiger partial charge in [0.05, 0.1) is 30.7 Å². The molecule has 2 rings (SSSR count). The summed E-state index contributed by atoms with van der Waals surface area (Å²) in [6, 6.07) is 5.04. The second-order valence-corrected chi connectivity index (χ2v) is 4.91. The molecule has 0 aliphatic carbocycles. The molecule has 6 heteroatoms. The first-order valence-electron chi connectivity index (χ1n) is 6.97. The average Bonchev–Trinajstić information content (AvgIpc) is 2.63. The van der Waals surface area contributed by atoms with E-state index in [1.54, 1.807) is 39.0 Å². The zero-order valence-corrected chi connectivity index (χ0v) is 13.0. The van der Waals surface area contributed by atoms with Gasteiger partial charge in [0, 0.05) is 5.56 Å². The summed E-state index contributed by atoms with van der Waals surface area (Å²) in [5.41, 5.74) is 3.00. The van der Waals surface area contributed by atoms with Gasteiger partial charge in [-0.15, -0.1) is 0 Å². The Labute approximate surface area is 128 Å². The molecule has 0 radical (unpaired) electrons. The molecule has 0 aromatic heterocycles. The van der Waals surface area contributed by atoms with E-state index in [0.717, 1.165) is 5.56 Å². The van der Waals surface area contributed by atoms with Gasteiger partial charge >= 0.3 is 11.9 Å². The Hall–Kier alpha value is -2.50. The van der Waals surface area contributed by atoms with Gasteiger partial charge in [0.2, 0.25) is 0 Å². The lowest BCUT2D eigenvalue weighted by atomic mass is 9.88. The van der Waals surface area contributed by atoms with Crippen LogP contribution >= 0.6 is 0 Å². The fourth-order valence-corrected chi connectivity index (χ4v) is 2.39. The zero-order chi connectivity index (χ0) is 16.3. The van der Waals surface area contributed by atoms with Gasteiger partial charge in [0.1, 0.15) is 5.92 Å². The third kappa shape index (κ3) is 2.90. The maximum atomic E-state index is 12.3. The monoisotopic (exact) mass is 302 g/mol. The molecule has 0 fully saturated rings. The number of hydrogen-bond acceptors (Lipinski definition) is 6. The molecule has 0 spiro atoms. The molecule has 1 heterocycles. The highest BCUT2D eigenvalue weighted by molar-refractivity contribution is 6.12. The molecule has 1 aliphatic rings. The van der Waals surface area contributed by atoms with E-state index >= 15 is 0 Å². The highest BCUT2D eigenvalue weighted by Gasteiger charge is 2.30. The summed E-state index contributed by atoms with van der Waals surface area (Å²) in [4.78, 5) is 24.1. The van der Waals surface area contributed by atoms with Crippen molar-refractivity contribution in [2.24, 2.45) is 10.2 Å². The van der Waals surface area contributed by atoms with Crippen molar-refractivity contribution >= 4 is 23.4 Å². The van der Waals surface area contributed by atoms with Gasteiger partial charge in [-0.25, -0.2) is 4.79 Å². The number of ether oxygens (including phenoxy) is 2. The number of carbonyl (C=O) groups is 2. The number of carbonyl (C=O) groups excluding carboxylic acids is 2. The van der Waals surface area contributed by atoms with Crippen molar-refractivity contribution in [3.8, 4) is 0 Å². The number of esters is 2. The highest BCUT2D eigenvalue weighted by Crippen LogP contribution is 2.28. The molecule has 1 unspecified atom stereocenters. The molecule has 1 aromatic carbocycles. The van der Waals surface area contributed by atoms with Crippen LogP contribution in [-0.2, 0) is 14.3 Å². The number of rotatable bonds is 3. The van der Waals surface area contributed by atoms with Gasteiger partial charge in [0.15, 0.2) is 0 Å². The van der Waals surface area contributed by atoms with Crippen LogP contribution in [0, 0.1) is 0 Å². The van der Waals surface area contributed by atoms with E-state index in [0.29, 0.717) is 22.6 Å². The number of hydrogen-bond donors (Lipinski definition) is 0. The van der Waals surface area contributed by atoms with E-state index in [1.165, 1.54) is 7.11 Å². The van der Waals surface area contributed by atoms with Gasteiger partial charge in [0.25, 0.3) is 0 Å². The maximum Gasteiger partial charge on any atom is 0.337 e. The summed E-state index contributed by atoms with van der Waals surface area (Å²) in [5.74, 6) is -1.54. The third-order valence-corrected chi connectivity index (χ3v) is 3.47. The SMILES string of the molecule is CCOC(=O)C1C(C)=NN=C(C)c2ccc(C(=O)OC)cc21. The number of benzene rings is 1. The van der Waals surface area contributed by atoms with Crippen LogP contribution in [0.1, 0.15) is 48.2 Å². The normalized spacial score (nSPS) is 16.8. The molecular formula is C16H18N2O4. The fourth-order valence-electron chi connectivity index (χ4n) is 2.39. The van der Waals surface area contributed by atoms with E-state index in [-0.39, 0.29) is 6.61 Å². The summed E-state index contributed by atoms with van der Waals surface area (Å²) < 4.78 is 9.88. The number of methoxy groups -OCH3 is 1. The van der Waals surface area contributed by atoms with Crippen LogP contribution in [0.5, 0.6) is 0 Å². The molecule has 0 amide bonds. The topological polar surface area (TPSA) is 77.3 Å². The number of fused-ring (bicyclic) bond motifs is 1. The molecule has 1 atom stereocenters. The standard InChI is InChI=1S/C16H18N2O4/c1-5-22-16(20)14-10(3)18-17-9(2)12-7-6-11(8-13(12)14)15(19)21-4/h6-8,14H,5H2,1-4H3. The van der Waals surface area contributed by atoms with Crippen LogP contribution in [0.25, 0.3) is 0 Å². The predicted molar refractivity (Wildman–Crippen MR) is 82.5 cm³/mol. The largest absolute Gasteiger partial charge is 0.465 e. The molecule has 1 aromatic rings. The summed E-state index contributed by atoms with van der Waals surface area (Å²) in [6.07, 6.45) is 0. The van der Waals surface area contributed by atoms with Crippen molar-refractivity contribution in [1.82, 2.24) is 0 Å². The average molecular weight is 302 g/mol. The second-order valence-electron chi connectivity index (χ2n) is 4.91. The maximum absolute atomic E-state index is 12.3. The predicted octanol–water partition coefficient (Wildman–Crippen LogP) is 2.32. The van der Waals surface area contributed by atoms with Crippen LogP contribution in [0.15, 0.2) is 28.4 Å². The first kappa shape index (κ1) is 15.9. The lowest BCUT2D eigenvalue weighted by Crippen LogP contribution is -2.23. The van der Waals surface area contributed by atoms with Gasteiger partial charge in [-0.2, -0.15) is 10.2 Å². The number of nitrogens with zero attached hydrogens (tertiary/aromatic N) is 2. The van der Waals surface area contributed by atoms with Gasteiger partial charge in [-0.3, -0.25) is 4.79 Å². The van der Waals surface area contributed by atoms with Crippen molar-refractivity contribution < 1.29 is 19.1 Å². The lowest BCUT2D eigenvalue weighted by Gasteiger charge is -2.17. The van der Waals surface area contributed by atoms with Crippen molar-refractivity contribution in [2.75, 3.05) is 13.7 Å². The molecule has 0 bridgehead atoms. The first-order chi connectivity index (χ1) is 10.5. The Balaban J connectivity index is 2.61. The zero-order valence-electron chi connectivity index (χ0n) is 13.0. The minimum atomic E-state index is -0.680. The summed E-state index contributed by atoms with van der Waals surface area (Å²) in [7, 11) is 1.32. The minimum absolute atomic E-state index is 0.272. The second kappa shape index (κ2) is 6.51. The summed E-state index contributed by atoms with van der Waals surface area (Å²) in [5, 5.41) is 8.20. The van der Waals surface area contributed by atoms with E-state index in [4.69, 9.17) is 9.47 Å². The lowest BCUT2D eigenvalue weighted by molar-refractivity contribution is -0.143. The molecule has 0 N–H and O–H groups in total. The van der Waals surface area contributed by atoms with Crippen LogP contribution in [0.3, 0.4) is 0 Å². The molecular weight excluding hydrogens is 284 g/mol. The Morgan fingerprint density at radius 1 is 1.23 bits per heavy atom.